The van der Waals surface area contributed by atoms with Crippen molar-refractivity contribution in [2.24, 2.45) is 0 Å². The van der Waals surface area contributed by atoms with Gasteiger partial charge in [-0.05, 0) is 42.8 Å². The summed E-state index contributed by atoms with van der Waals surface area (Å²) in [5.41, 5.74) is 0.629. The van der Waals surface area contributed by atoms with E-state index in [1.54, 1.807) is 36.4 Å². The molecular weight excluding hydrogens is 366 g/mol. The number of furan rings is 1. The first-order valence-electron chi connectivity index (χ1n) is 8.71. The molecule has 0 aliphatic heterocycles. The van der Waals surface area contributed by atoms with Gasteiger partial charge in [0.15, 0.2) is 5.76 Å². The van der Waals surface area contributed by atoms with Crippen molar-refractivity contribution in [3.63, 3.8) is 0 Å². The van der Waals surface area contributed by atoms with Crippen LogP contribution in [0.5, 0.6) is 5.75 Å². The Balaban J connectivity index is 1.41. The van der Waals surface area contributed by atoms with E-state index in [1.807, 2.05) is 0 Å². The molecule has 28 heavy (non-hydrogen) atoms. The van der Waals surface area contributed by atoms with E-state index >= 15 is 0 Å². The van der Waals surface area contributed by atoms with Gasteiger partial charge in [0.2, 0.25) is 17.6 Å². The number of aromatic nitrogens is 2. The molecule has 1 amide bonds. The largest absolute Gasteiger partial charge is 0.494 e. The summed E-state index contributed by atoms with van der Waals surface area (Å²) in [4.78, 5) is 26.7. The zero-order valence-electron chi connectivity index (χ0n) is 15.0. The van der Waals surface area contributed by atoms with E-state index in [9.17, 15) is 9.59 Å². The highest BCUT2D eigenvalue weighted by molar-refractivity contribution is 5.90. The van der Waals surface area contributed by atoms with Gasteiger partial charge in [-0.25, -0.2) is 0 Å². The van der Waals surface area contributed by atoms with Crippen LogP contribution >= 0.6 is 0 Å². The van der Waals surface area contributed by atoms with Gasteiger partial charge in [-0.2, -0.15) is 4.98 Å². The van der Waals surface area contributed by atoms with Crippen LogP contribution in [0.15, 0.2) is 51.6 Å². The van der Waals surface area contributed by atoms with E-state index in [0.29, 0.717) is 48.4 Å². The Morgan fingerprint density at radius 2 is 1.96 bits per heavy atom. The average molecular weight is 385 g/mol. The maximum absolute atomic E-state index is 12.1. The van der Waals surface area contributed by atoms with E-state index in [0.717, 1.165) is 0 Å². The van der Waals surface area contributed by atoms with Gasteiger partial charge in [0.05, 0.1) is 12.9 Å². The van der Waals surface area contributed by atoms with E-state index < -0.39 is 5.97 Å². The Morgan fingerprint density at radius 1 is 1.14 bits per heavy atom. The first-order valence-corrected chi connectivity index (χ1v) is 8.71. The van der Waals surface area contributed by atoms with Crippen molar-refractivity contribution in [1.82, 2.24) is 10.1 Å². The number of hydrogen-bond acceptors (Lipinski definition) is 7. The fourth-order valence-corrected chi connectivity index (χ4v) is 2.35. The zero-order chi connectivity index (χ0) is 19.8. The maximum Gasteiger partial charge on any atom is 0.303 e. The number of carbonyl (C=O) groups is 2. The molecule has 2 N–H and O–H groups in total. The summed E-state index contributed by atoms with van der Waals surface area (Å²) >= 11 is 0. The van der Waals surface area contributed by atoms with Gasteiger partial charge >= 0.3 is 5.97 Å². The lowest BCUT2D eigenvalue weighted by molar-refractivity contribution is -0.137. The van der Waals surface area contributed by atoms with Gasteiger partial charge in [-0.15, -0.1) is 0 Å². The Hall–Kier alpha value is -3.62. The molecule has 3 aromatic rings. The summed E-state index contributed by atoms with van der Waals surface area (Å²) in [5, 5.41) is 15.2. The number of nitrogens with zero attached hydrogens (tertiary/aromatic N) is 2. The van der Waals surface area contributed by atoms with E-state index in [1.165, 1.54) is 6.26 Å². The van der Waals surface area contributed by atoms with Crippen molar-refractivity contribution < 1.29 is 28.4 Å². The molecular formula is C19H19N3O6. The van der Waals surface area contributed by atoms with Crippen molar-refractivity contribution in [2.45, 2.75) is 25.7 Å². The fraction of sp³-hybridized carbons (Fsp3) is 0.263. The summed E-state index contributed by atoms with van der Waals surface area (Å²) in [6.07, 6.45) is 2.52. The first kappa shape index (κ1) is 19.2. The first-order chi connectivity index (χ1) is 13.6. The summed E-state index contributed by atoms with van der Waals surface area (Å²) in [5.74, 6) is 0.780. The lowest BCUT2D eigenvalue weighted by Gasteiger charge is -2.07. The second-order valence-corrected chi connectivity index (χ2v) is 5.91. The monoisotopic (exact) mass is 385 g/mol. The third kappa shape index (κ3) is 5.70. The molecule has 146 valence electrons. The van der Waals surface area contributed by atoms with Crippen LogP contribution in [-0.4, -0.2) is 33.7 Å². The number of carbonyl (C=O) groups excluding carboxylic acids is 1. The second-order valence-electron chi connectivity index (χ2n) is 5.91. The zero-order valence-corrected chi connectivity index (χ0v) is 15.0. The lowest BCUT2D eigenvalue weighted by Crippen LogP contribution is -2.12. The van der Waals surface area contributed by atoms with Gasteiger partial charge in [0.25, 0.3) is 0 Å². The summed E-state index contributed by atoms with van der Waals surface area (Å²) < 4.78 is 15.7. The van der Waals surface area contributed by atoms with Crippen LogP contribution in [0, 0.1) is 0 Å². The van der Waals surface area contributed by atoms with Gasteiger partial charge < -0.3 is 24.1 Å². The van der Waals surface area contributed by atoms with Crippen molar-refractivity contribution in [1.29, 1.82) is 0 Å². The molecule has 1 aromatic carbocycles. The summed E-state index contributed by atoms with van der Waals surface area (Å²) in [7, 11) is 0. The molecule has 0 atom stereocenters. The quantitative estimate of drug-likeness (QED) is 0.509. The van der Waals surface area contributed by atoms with Gasteiger partial charge in [0.1, 0.15) is 5.75 Å². The molecule has 0 bridgehead atoms. The lowest BCUT2D eigenvalue weighted by atomic mass is 10.2. The molecule has 3 rings (SSSR count). The SMILES string of the molecule is O=C(O)CCCOc1ccc(NC(=O)CCc2nc(-c3ccco3)no2)cc1. The van der Waals surface area contributed by atoms with Crippen LogP contribution in [0.1, 0.15) is 25.2 Å². The number of carboxylic acids is 1. The fourth-order valence-electron chi connectivity index (χ4n) is 2.35. The van der Waals surface area contributed by atoms with Gasteiger partial charge in [-0.1, -0.05) is 5.16 Å². The van der Waals surface area contributed by atoms with E-state index in [2.05, 4.69) is 15.5 Å². The molecule has 0 spiro atoms. The number of benzene rings is 1. The summed E-state index contributed by atoms with van der Waals surface area (Å²) in [6.45, 7) is 0.322. The van der Waals surface area contributed by atoms with Crippen molar-refractivity contribution in [3.8, 4) is 17.3 Å². The van der Waals surface area contributed by atoms with E-state index in [4.69, 9.17) is 18.8 Å². The number of aryl methyl sites for hydroxylation is 1. The van der Waals surface area contributed by atoms with Crippen molar-refractivity contribution >= 4 is 17.6 Å². The Kier molecular flexibility index (Phi) is 6.40. The third-order valence-corrected chi connectivity index (χ3v) is 3.72. The second kappa shape index (κ2) is 9.36. The van der Waals surface area contributed by atoms with Crippen LogP contribution in [0.4, 0.5) is 5.69 Å². The minimum atomic E-state index is -0.848. The normalized spacial score (nSPS) is 10.6. The third-order valence-electron chi connectivity index (χ3n) is 3.72. The molecule has 0 unspecified atom stereocenters. The topological polar surface area (TPSA) is 128 Å². The van der Waals surface area contributed by atoms with Crippen LogP contribution in [0.2, 0.25) is 0 Å². The number of anilines is 1. The standard InChI is InChI=1S/C19H19N3O6/c23-16(9-10-17-21-19(22-28-17)15-3-1-12-27-15)20-13-5-7-14(8-6-13)26-11-2-4-18(24)25/h1,3,5-8,12H,2,4,9-11H2,(H,20,23)(H,24,25). The Labute approximate surface area is 160 Å². The number of aliphatic carboxylic acids is 1. The molecule has 9 heteroatoms. The highest BCUT2D eigenvalue weighted by Gasteiger charge is 2.12. The minimum absolute atomic E-state index is 0.0667. The van der Waals surface area contributed by atoms with Gasteiger partial charge in [-0.3, -0.25) is 9.59 Å². The highest BCUT2D eigenvalue weighted by Crippen LogP contribution is 2.18. The molecule has 0 aliphatic carbocycles. The molecule has 0 fully saturated rings. The predicted octanol–water partition coefficient (Wildman–Crippen LogP) is 3.14. The highest BCUT2D eigenvalue weighted by atomic mass is 16.5. The molecule has 9 nitrogen and oxygen atoms in total. The van der Waals surface area contributed by atoms with Gasteiger partial charge in [0, 0.05) is 24.9 Å². The van der Waals surface area contributed by atoms with Crippen LogP contribution in [0.25, 0.3) is 11.6 Å². The molecule has 0 saturated carbocycles. The molecule has 2 heterocycles. The number of nitrogens with one attached hydrogen (secondary N) is 1. The molecule has 0 radical (unpaired) electrons. The smallest absolute Gasteiger partial charge is 0.303 e. The number of ether oxygens (including phenoxy) is 1. The van der Waals surface area contributed by atoms with Crippen molar-refractivity contribution in [3.05, 3.63) is 48.6 Å². The Bertz CT molecular complexity index is 902. The number of hydrogen-bond donors (Lipinski definition) is 2. The predicted molar refractivity (Wildman–Crippen MR) is 97.8 cm³/mol. The van der Waals surface area contributed by atoms with Crippen LogP contribution < -0.4 is 10.1 Å². The minimum Gasteiger partial charge on any atom is -0.494 e. The molecule has 0 saturated heterocycles. The molecule has 0 aliphatic rings. The maximum atomic E-state index is 12.1. The average Bonchev–Trinajstić information content (AvgIpc) is 3.36. The Morgan fingerprint density at radius 3 is 2.68 bits per heavy atom. The molecule has 2 aromatic heterocycles. The van der Waals surface area contributed by atoms with Crippen molar-refractivity contribution in [2.75, 3.05) is 11.9 Å². The van der Waals surface area contributed by atoms with Crippen LogP contribution in [-0.2, 0) is 16.0 Å². The number of rotatable bonds is 10. The van der Waals surface area contributed by atoms with Crippen LogP contribution in [0.3, 0.4) is 0 Å². The number of amides is 1. The van der Waals surface area contributed by atoms with E-state index in [-0.39, 0.29) is 18.7 Å². The number of carboxylic acid groups (broad SMARTS) is 1. The summed E-state index contributed by atoms with van der Waals surface area (Å²) in [6, 6.07) is 10.3.